The number of hydrogen-bond acceptors (Lipinski definition) is 6. The molecule has 0 bridgehead atoms. The molecule has 0 saturated heterocycles. The number of unbranched alkanes of at least 4 members (excludes halogenated alkanes) is 38. The van der Waals surface area contributed by atoms with Crippen LogP contribution in [0.25, 0.3) is 0 Å². The molecule has 0 heterocycles. The van der Waals surface area contributed by atoms with E-state index in [4.69, 9.17) is 14.2 Å². The van der Waals surface area contributed by atoms with Gasteiger partial charge < -0.3 is 14.2 Å². The number of esters is 3. The third-order valence-corrected chi connectivity index (χ3v) is 14.3. The lowest BCUT2D eigenvalue weighted by Gasteiger charge is -2.18. The lowest BCUT2D eigenvalue weighted by atomic mass is 10.0. The Morgan fingerprint density at radius 2 is 0.527 bits per heavy atom. The molecule has 0 N–H and O–H groups in total. The van der Waals surface area contributed by atoms with E-state index in [1.54, 1.807) is 0 Å². The van der Waals surface area contributed by atoms with E-state index in [-0.39, 0.29) is 31.1 Å². The normalized spacial score (nSPS) is 12.4. The van der Waals surface area contributed by atoms with Crippen LogP contribution >= 0.6 is 0 Å². The molecule has 430 valence electrons. The maximum Gasteiger partial charge on any atom is 0.306 e. The van der Waals surface area contributed by atoms with Crippen LogP contribution in [-0.4, -0.2) is 37.2 Å². The molecule has 6 nitrogen and oxygen atoms in total. The van der Waals surface area contributed by atoms with E-state index in [1.807, 2.05) is 0 Å². The molecule has 0 aromatic heterocycles. The van der Waals surface area contributed by atoms with E-state index >= 15 is 0 Å². The van der Waals surface area contributed by atoms with Gasteiger partial charge in [-0.1, -0.05) is 293 Å². The third kappa shape index (κ3) is 60.0. The molecule has 6 heteroatoms. The van der Waals surface area contributed by atoms with E-state index < -0.39 is 6.10 Å². The summed E-state index contributed by atoms with van der Waals surface area (Å²) in [5, 5.41) is 0. The first-order valence-corrected chi connectivity index (χ1v) is 32.3. The average molecular weight is 1040 g/mol. The topological polar surface area (TPSA) is 78.9 Å². The van der Waals surface area contributed by atoms with Crippen LogP contribution in [0.1, 0.15) is 335 Å². The highest BCUT2D eigenvalue weighted by molar-refractivity contribution is 5.71. The number of rotatable bonds is 59. The second-order valence-corrected chi connectivity index (χ2v) is 21.6. The minimum absolute atomic E-state index is 0.0810. The fourth-order valence-electron chi connectivity index (χ4n) is 9.43. The first kappa shape index (κ1) is 71.1. The predicted molar refractivity (Wildman–Crippen MR) is 321 cm³/mol. The van der Waals surface area contributed by atoms with Crippen molar-refractivity contribution in [3.05, 3.63) is 60.8 Å². The lowest BCUT2D eigenvalue weighted by Crippen LogP contribution is -2.30. The predicted octanol–water partition coefficient (Wildman–Crippen LogP) is 21.9. The van der Waals surface area contributed by atoms with Gasteiger partial charge in [-0.3, -0.25) is 14.4 Å². The summed E-state index contributed by atoms with van der Waals surface area (Å²) >= 11 is 0. The van der Waals surface area contributed by atoms with Gasteiger partial charge >= 0.3 is 17.9 Å². The van der Waals surface area contributed by atoms with Crippen LogP contribution in [0.15, 0.2) is 60.8 Å². The van der Waals surface area contributed by atoms with Crippen LogP contribution in [0, 0.1) is 0 Å². The zero-order valence-corrected chi connectivity index (χ0v) is 49.4. The molecule has 0 aliphatic heterocycles. The van der Waals surface area contributed by atoms with Gasteiger partial charge in [-0.25, -0.2) is 0 Å². The maximum absolute atomic E-state index is 12.9. The van der Waals surface area contributed by atoms with Crippen molar-refractivity contribution >= 4 is 17.9 Å². The van der Waals surface area contributed by atoms with E-state index in [0.29, 0.717) is 19.3 Å². The van der Waals surface area contributed by atoms with Crippen molar-refractivity contribution < 1.29 is 28.6 Å². The molecule has 0 aliphatic carbocycles. The van der Waals surface area contributed by atoms with Crippen molar-refractivity contribution in [1.29, 1.82) is 0 Å². The number of ether oxygens (including phenoxy) is 3. The van der Waals surface area contributed by atoms with Gasteiger partial charge in [0.2, 0.25) is 0 Å². The van der Waals surface area contributed by atoms with Crippen LogP contribution in [0.5, 0.6) is 0 Å². The van der Waals surface area contributed by atoms with E-state index in [0.717, 1.165) is 96.3 Å². The second-order valence-electron chi connectivity index (χ2n) is 21.6. The van der Waals surface area contributed by atoms with Gasteiger partial charge in [0.25, 0.3) is 0 Å². The molecule has 0 fully saturated rings. The molecule has 0 aliphatic rings. The Morgan fingerprint density at radius 1 is 0.284 bits per heavy atom. The van der Waals surface area contributed by atoms with Crippen LogP contribution < -0.4 is 0 Å². The van der Waals surface area contributed by atoms with E-state index in [9.17, 15) is 14.4 Å². The Hall–Kier alpha value is -2.89. The molecule has 1 atom stereocenters. The Kier molecular flexibility index (Phi) is 60.2. The maximum atomic E-state index is 12.9. The molecule has 74 heavy (non-hydrogen) atoms. The fourth-order valence-corrected chi connectivity index (χ4v) is 9.43. The Bertz CT molecular complexity index is 1330. The van der Waals surface area contributed by atoms with E-state index in [1.165, 1.54) is 199 Å². The summed E-state index contributed by atoms with van der Waals surface area (Å²) in [5.74, 6) is -0.887. The van der Waals surface area contributed by atoms with Crippen molar-refractivity contribution in [2.45, 2.75) is 341 Å². The van der Waals surface area contributed by atoms with Crippen molar-refractivity contribution in [3.63, 3.8) is 0 Å². The van der Waals surface area contributed by atoms with Crippen molar-refractivity contribution in [2.75, 3.05) is 13.2 Å². The highest BCUT2D eigenvalue weighted by atomic mass is 16.6. The van der Waals surface area contributed by atoms with Gasteiger partial charge in [-0.2, -0.15) is 0 Å². The number of carbonyl (C=O) groups is 3. The molecule has 0 saturated carbocycles. The fraction of sp³-hybridized carbons (Fsp3) is 0.809. The summed E-state index contributed by atoms with van der Waals surface area (Å²) in [6.07, 6.45) is 79.4. The minimum Gasteiger partial charge on any atom is -0.462 e. The minimum atomic E-state index is -0.787. The van der Waals surface area contributed by atoms with Gasteiger partial charge in [0.05, 0.1) is 0 Å². The van der Waals surface area contributed by atoms with Crippen molar-refractivity contribution in [3.8, 4) is 0 Å². The third-order valence-electron chi connectivity index (χ3n) is 14.3. The van der Waals surface area contributed by atoms with Gasteiger partial charge in [0.1, 0.15) is 13.2 Å². The largest absolute Gasteiger partial charge is 0.462 e. The molecule has 0 rings (SSSR count). The Balaban J connectivity index is 4.34. The zero-order chi connectivity index (χ0) is 53.6. The molecule has 1 unspecified atom stereocenters. The van der Waals surface area contributed by atoms with Gasteiger partial charge in [-0.05, 0) is 83.5 Å². The summed E-state index contributed by atoms with van der Waals surface area (Å²) in [7, 11) is 0. The molecule has 0 radical (unpaired) electrons. The van der Waals surface area contributed by atoms with Crippen molar-refractivity contribution in [2.24, 2.45) is 0 Å². The summed E-state index contributed by atoms with van der Waals surface area (Å²) < 4.78 is 16.9. The molecular weight excluding hydrogens is 913 g/mol. The lowest BCUT2D eigenvalue weighted by molar-refractivity contribution is -0.167. The van der Waals surface area contributed by atoms with Gasteiger partial charge in [-0.15, -0.1) is 0 Å². The van der Waals surface area contributed by atoms with Crippen LogP contribution in [-0.2, 0) is 28.6 Å². The monoisotopic (exact) mass is 1030 g/mol. The van der Waals surface area contributed by atoms with Crippen LogP contribution in [0.2, 0.25) is 0 Å². The summed E-state index contributed by atoms with van der Waals surface area (Å²) in [6, 6.07) is 0. The molecular formula is C68H122O6. The second kappa shape index (κ2) is 62.6. The Labute approximate surface area is 460 Å². The zero-order valence-electron chi connectivity index (χ0n) is 49.4. The van der Waals surface area contributed by atoms with Gasteiger partial charge in [0.15, 0.2) is 6.10 Å². The first-order valence-electron chi connectivity index (χ1n) is 32.3. The van der Waals surface area contributed by atoms with Crippen LogP contribution in [0.4, 0.5) is 0 Å². The van der Waals surface area contributed by atoms with Gasteiger partial charge in [0, 0.05) is 19.3 Å². The molecule has 0 amide bonds. The molecule has 0 spiro atoms. The average Bonchev–Trinajstić information content (AvgIpc) is 3.40. The Morgan fingerprint density at radius 3 is 0.838 bits per heavy atom. The first-order chi connectivity index (χ1) is 36.5. The highest BCUT2D eigenvalue weighted by Gasteiger charge is 2.19. The van der Waals surface area contributed by atoms with E-state index in [2.05, 4.69) is 81.5 Å². The molecule has 0 aromatic rings. The SMILES string of the molecule is CC/C=C\C/C=C\C/C=C\C/C=C\CCCCCCC(=O)OC(COC(=O)CCCCCCCCCCCCC/C=C\CCCCCCCCCC)COC(=O)CCCCCCCCCCCCCCCCCC. The quantitative estimate of drug-likeness (QED) is 0.0261. The highest BCUT2D eigenvalue weighted by Crippen LogP contribution is 2.17. The molecule has 0 aromatic carbocycles. The number of hydrogen-bond donors (Lipinski definition) is 0. The summed E-state index contributed by atoms with van der Waals surface area (Å²) in [5.41, 5.74) is 0. The summed E-state index contributed by atoms with van der Waals surface area (Å²) in [6.45, 7) is 6.56. The van der Waals surface area contributed by atoms with Crippen LogP contribution in [0.3, 0.4) is 0 Å². The number of allylic oxidation sites excluding steroid dienone is 10. The number of carbonyl (C=O) groups excluding carboxylic acids is 3. The van der Waals surface area contributed by atoms with Crippen molar-refractivity contribution in [1.82, 2.24) is 0 Å². The standard InChI is InChI=1S/C68H122O6/c1-4-7-10-13-16-19-22-25-28-31-32-33-34-35-36-38-40-43-46-49-52-55-58-61-67(70)73-64-65(63-72-66(69)60-57-54-51-48-45-42-39-30-27-24-21-18-15-12-9-6-3)74-68(71)62-59-56-53-50-47-44-41-37-29-26-23-20-17-14-11-8-5-2/h8,11,17,20,26,29,31-32,41,44,65H,4-7,9-10,12-16,18-19,21-25,27-28,30,33-40,42-43,45-64H2,1-3H3/b11-8-,20-17-,29-26-,32-31-,44-41-. The smallest absolute Gasteiger partial charge is 0.306 e. The summed E-state index contributed by atoms with van der Waals surface area (Å²) in [4.78, 5) is 38.3.